The van der Waals surface area contributed by atoms with Crippen LogP contribution >= 0.6 is 0 Å². The van der Waals surface area contributed by atoms with Crippen LogP contribution in [0.5, 0.6) is 0 Å². The van der Waals surface area contributed by atoms with Crippen LogP contribution in [0, 0.1) is 6.92 Å². The summed E-state index contributed by atoms with van der Waals surface area (Å²) in [7, 11) is 0. The Labute approximate surface area is 143 Å². The Morgan fingerprint density at radius 1 is 1.38 bits per heavy atom. The molecule has 0 spiro atoms. The maximum atomic E-state index is 12.4. The van der Waals surface area contributed by atoms with E-state index in [1.54, 1.807) is 0 Å². The van der Waals surface area contributed by atoms with E-state index in [2.05, 4.69) is 16.3 Å². The van der Waals surface area contributed by atoms with Crippen molar-refractivity contribution in [3.8, 4) is 0 Å². The molecular formula is C19H25N3O2. The van der Waals surface area contributed by atoms with E-state index in [9.17, 15) is 4.79 Å². The summed E-state index contributed by atoms with van der Waals surface area (Å²) in [6.07, 6.45) is 2.57. The number of hydrogen-bond acceptors (Lipinski definition) is 3. The highest BCUT2D eigenvalue weighted by Crippen LogP contribution is 2.26. The van der Waals surface area contributed by atoms with Crippen LogP contribution in [0.3, 0.4) is 0 Å². The molecule has 24 heavy (non-hydrogen) atoms. The first-order valence-electron chi connectivity index (χ1n) is 8.64. The van der Waals surface area contributed by atoms with E-state index in [0.717, 1.165) is 42.9 Å². The zero-order valence-corrected chi connectivity index (χ0v) is 14.2. The number of H-pyrrole nitrogens is 1. The van der Waals surface area contributed by atoms with Crippen molar-refractivity contribution < 1.29 is 9.53 Å². The lowest BCUT2D eigenvalue weighted by Crippen LogP contribution is -2.39. The van der Waals surface area contributed by atoms with E-state index < -0.39 is 0 Å². The van der Waals surface area contributed by atoms with Gasteiger partial charge in [0.15, 0.2) is 0 Å². The molecule has 1 aliphatic heterocycles. The van der Waals surface area contributed by atoms with Crippen LogP contribution in [0.4, 0.5) is 0 Å². The predicted molar refractivity (Wildman–Crippen MR) is 92.6 cm³/mol. The SMILES string of the molecule is Cc1cc([C@H]2CCCN(C(=O)CCOCc3ccccc3)C2)n[nH]1. The summed E-state index contributed by atoms with van der Waals surface area (Å²) in [4.78, 5) is 14.4. The maximum Gasteiger partial charge on any atom is 0.224 e. The van der Waals surface area contributed by atoms with Gasteiger partial charge >= 0.3 is 0 Å². The van der Waals surface area contributed by atoms with Gasteiger partial charge in [-0.15, -0.1) is 0 Å². The number of carbonyl (C=O) groups excluding carboxylic acids is 1. The molecule has 2 aromatic rings. The summed E-state index contributed by atoms with van der Waals surface area (Å²) in [5, 5.41) is 7.35. The van der Waals surface area contributed by atoms with Gasteiger partial charge in [-0.2, -0.15) is 5.10 Å². The smallest absolute Gasteiger partial charge is 0.224 e. The Morgan fingerprint density at radius 3 is 2.96 bits per heavy atom. The number of piperidine rings is 1. The van der Waals surface area contributed by atoms with Crippen LogP contribution in [-0.2, 0) is 16.1 Å². The number of carbonyl (C=O) groups is 1. The van der Waals surface area contributed by atoms with Crippen molar-refractivity contribution in [1.82, 2.24) is 15.1 Å². The number of nitrogens with one attached hydrogen (secondary N) is 1. The molecule has 1 fully saturated rings. The van der Waals surface area contributed by atoms with Gasteiger partial charge < -0.3 is 9.64 Å². The summed E-state index contributed by atoms with van der Waals surface area (Å²) >= 11 is 0. The largest absolute Gasteiger partial charge is 0.376 e. The minimum Gasteiger partial charge on any atom is -0.376 e. The Balaban J connectivity index is 1.43. The van der Waals surface area contributed by atoms with Gasteiger partial charge in [-0.3, -0.25) is 9.89 Å². The Hall–Kier alpha value is -2.14. The number of amides is 1. The lowest BCUT2D eigenvalue weighted by Gasteiger charge is -2.32. The topological polar surface area (TPSA) is 58.2 Å². The van der Waals surface area contributed by atoms with E-state index in [4.69, 9.17) is 4.74 Å². The van der Waals surface area contributed by atoms with E-state index in [1.807, 2.05) is 42.2 Å². The third-order valence-corrected chi connectivity index (χ3v) is 4.49. The van der Waals surface area contributed by atoms with Crippen molar-refractivity contribution in [3.05, 3.63) is 53.3 Å². The number of aromatic amines is 1. The number of hydrogen-bond donors (Lipinski definition) is 1. The lowest BCUT2D eigenvalue weighted by molar-refractivity contribution is -0.133. The van der Waals surface area contributed by atoms with Crippen LogP contribution in [0.2, 0.25) is 0 Å². The monoisotopic (exact) mass is 327 g/mol. The number of aryl methyl sites for hydroxylation is 1. The number of rotatable bonds is 6. The van der Waals surface area contributed by atoms with Gasteiger partial charge in [0.05, 0.1) is 25.3 Å². The van der Waals surface area contributed by atoms with Gasteiger partial charge in [-0.05, 0) is 31.4 Å². The molecule has 3 rings (SSSR count). The van der Waals surface area contributed by atoms with Gasteiger partial charge in [-0.1, -0.05) is 30.3 Å². The summed E-state index contributed by atoms with van der Waals surface area (Å²) in [6.45, 7) is 4.64. The predicted octanol–water partition coefficient (Wildman–Crippen LogP) is 3.03. The zero-order chi connectivity index (χ0) is 16.8. The second-order valence-electron chi connectivity index (χ2n) is 6.44. The Kier molecular flexibility index (Phi) is 5.64. The number of aromatic nitrogens is 2. The second kappa shape index (κ2) is 8.11. The highest BCUT2D eigenvalue weighted by molar-refractivity contribution is 5.76. The molecule has 1 amide bonds. The molecule has 0 radical (unpaired) electrons. The molecule has 0 saturated carbocycles. The average molecular weight is 327 g/mol. The molecule has 5 heteroatoms. The minimum atomic E-state index is 0.181. The maximum absolute atomic E-state index is 12.4. The fourth-order valence-electron chi connectivity index (χ4n) is 3.18. The molecule has 1 N–H and O–H groups in total. The highest BCUT2D eigenvalue weighted by atomic mass is 16.5. The number of nitrogens with zero attached hydrogens (tertiary/aromatic N) is 2. The molecular weight excluding hydrogens is 302 g/mol. The van der Waals surface area contributed by atoms with E-state index in [-0.39, 0.29) is 5.91 Å². The van der Waals surface area contributed by atoms with Crippen LogP contribution in [0.15, 0.2) is 36.4 Å². The number of likely N-dealkylation sites (tertiary alicyclic amines) is 1. The first-order chi connectivity index (χ1) is 11.7. The minimum absolute atomic E-state index is 0.181. The van der Waals surface area contributed by atoms with Crippen molar-refractivity contribution in [2.45, 2.75) is 38.7 Å². The van der Waals surface area contributed by atoms with Crippen molar-refractivity contribution in [3.63, 3.8) is 0 Å². The molecule has 2 heterocycles. The van der Waals surface area contributed by atoms with Crippen LogP contribution in [0.25, 0.3) is 0 Å². The number of benzene rings is 1. The molecule has 1 aliphatic rings. The van der Waals surface area contributed by atoms with Crippen molar-refractivity contribution in [2.75, 3.05) is 19.7 Å². The van der Waals surface area contributed by atoms with Gasteiger partial charge in [0, 0.05) is 24.7 Å². The van der Waals surface area contributed by atoms with E-state index >= 15 is 0 Å². The average Bonchev–Trinajstić information content (AvgIpc) is 3.06. The zero-order valence-electron chi connectivity index (χ0n) is 14.2. The molecule has 0 unspecified atom stereocenters. The molecule has 1 atom stereocenters. The van der Waals surface area contributed by atoms with E-state index in [0.29, 0.717) is 25.6 Å². The lowest BCUT2D eigenvalue weighted by atomic mass is 9.94. The van der Waals surface area contributed by atoms with Crippen molar-refractivity contribution in [1.29, 1.82) is 0 Å². The quantitative estimate of drug-likeness (QED) is 0.830. The summed E-state index contributed by atoms with van der Waals surface area (Å²) in [5.74, 6) is 0.526. The fourth-order valence-corrected chi connectivity index (χ4v) is 3.18. The molecule has 5 nitrogen and oxygen atoms in total. The first kappa shape index (κ1) is 16.7. The normalized spacial score (nSPS) is 17.9. The van der Waals surface area contributed by atoms with Gasteiger partial charge in [0.2, 0.25) is 5.91 Å². The summed E-state index contributed by atoms with van der Waals surface area (Å²) in [5.41, 5.74) is 3.28. The molecule has 0 bridgehead atoms. The van der Waals surface area contributed by atoms with Crippen molar-refractivity contribution in [2.24, 2.45) is 0 Å². The van der Waals surface area contributed by atoms with Crippen molar-refractivity contribution >= 4 is 5.91 Å². The molecule has 0 aliphatic carbocycles. The molecule has 1 aromatic carbocycles. The van der Waals surface area contributed by atoms with Gasteiger partial charge in [0.1, 0.15) is 0 Å². The van der Waals surface area contributed by atoms with Crippen LogP contribution in [-0.4, -0.2) is 40.7 Å². The highest BCUT2D eigenvalue weighted by Gasteiger charge is 2.25. The van der Waals surface area contributed by atoms with Gasteiger partial charge in [-0.25, -0.2) is 0 Å². The third-order valence-electron chi connectivity index (χ3n) is 4.49. The van der Waals surface area contributed by atoms with Crippen LogP contribution < -0.4 is 0 Å². The third kappa shape index (κ3) is 4.45. The molecule has 1 saturated heterocycles. The Morgan fingerprint density at radius 2 is 2.21 bits per heavy atom. The summed E-state index contributed by atoms with van der Waals surface area (Å²) < 4.78 is 5.63. The molecule has 1 aromatic heterocycles. The van der Waals surface area contributed by atoms with E-state index in [1.165, 1.54) is 0 Å². The number of ether oxygens (including phenoxy) is 1. The van der Waals surface area contributed by atoms with Crippen LogP contribution in [0.1, 0.15) is 42.1 Å². The summed E-state index contributed by atoms with van der Waals surface area (Å²) in [6, 6.07) is 12.1. The fraction of sp³-hybridized carbons (Fsp3) is 0.474. The Bertz CT molecular complexity index is 654. The first-order valence-corrected chi connectivity index (χ1v) is 8.64. The van der Waals surface area contributed by atoms with Gasteiger partial charge in [0.25, 0.3) is 0 Å². The standard InChI is InChI=1S/C19H25N3O2/c1-15-12-18(21-20-15)17-8-5-10-22(13-17)19(23)9-11-24-14-16-6-3-2-4-7-16/h2-4,6-7,12,17H,5,8-11,13-14H2,1H3,(H,20,21)/t17-/m0/s1. The molecule has 128 valence electrons. The second-order valence-corrected chi connectivity index (χ2v) is 6.44.